The second-order valence-corrected chi connectivity index (χ2v) is 17.9. The molecule has 7 atom stereocenters. The molecule has 0 saturated carbocycles. The lowest BCUT2D eigenvalue weighted by molar-refractivity contribution is -0.137. The summed E-state index contributed by atoms with van der Waals surface area (Å²) in [6, 6.07) is -3.20. The van der Waals surface area contributed by atoms with Crippen molar-refractivity contribution in [3.8, 4) is 0 Å². The quantitative estimate of drug-likeness (QED) is 0.00775. The van der Waals surface area contributed by atoms with Gasteiger partial charge in [0.2, 0.25) is 47.3 Å². The number of primary amides is 1. The van der Waals surface area contributed by atoms with E-state index in [-0.39, 0.29) is 81.0 Å². The van der Waals surface area contributed by atoms with Crippen LogP contribution in [-0.4, -0.2) is 138 Å². The number of nitrogens with zero attached hydrogens (tertiary/aromatic N) is 1. The molecule has 368 valence electrons. The van der Waals surface area contributed by atoms with Crippen LogP contribution < -0.4 is 70.9 Å². The fraction of sp³-hybridized carbons (Fsp3) is 0.750. The van der Waals surface area contributed by atoms with Gasteiger partial charge in [-0.3, -0.25) is 48.6 Å². The van der Waals surface area contributed by atoms with E-state index in [1.165, 1.54) is 5.48 Å². The molecule has 65 heavy (non-hydrogen) atoms. The van der Waals surface area contributed by atoms with Gasteiger partial charge in [0.15, 0.2) is 5.96 Å². The third-order valence-corrected chi connectivity index (χ3v) is 12.2. The molecule has 2 saturated heterocycles. The summed E-state index contributed by atoms with van der Waals surface area (Å²) in [6.07, 6.45) is 5.41. The number of aliphatic imine (C=N–C) groups is 1. The average molecular weight is 941 g/mol. The van der Waals surface area contributed by atoms with Crippen LogP contribution in [0.5, 0.6) is 0 Å². The highest BCUT2D eigenvalue weighted by atomic mass is 32.2. The first-order chi connectivity index (χ1) is 30.9. The fourth-order valence-corrected chi connectivity index (χ4v) is 8.89. The molecule has 2 aliphatic heterocycles. The third-order valence-electron chi connectivity index (χ3n) is 10.7. The summed E-state index contributed by atoms with van der Waals surface area (Å²) in [5.41, 5.74) is 23.5. The van der Waals surface area contributed by atoms with Gasteiger partial charge in [0, 0.05) is 42.9 Å². The number of unbranched alkanes of at least 4 members (excludes halogenated alkanes) is 3. The summed E-state index contributed by atoms with van der Waals surface area (Å²) in [4.78, 5) is 117. The van der Waals surface area contributed by atoms with Crippen LogP contribution in [0.15, 0.2) is 4.99 Å². The number of hydrogen-bond donors (Lipinski definition) is 14. The molecule has 10 amide bonds. The summed E-state index contributed by atoms with van der Waals surface area (Å²) >= 11 is 1.83. The molecule has 0 aromatic carbocycles. The van der Waals surface area contributed by atoms with Crippen LogP contribution in [0.2, 0.25) is 0 Å². The van der Waals surface area contributed by atoms with Gasteiger partial charge in [-0.05, 0) is 83.1 Å². The van der Waals surface area contributed by atoms with Crippen LogP contribution in [-0.2, 0) is 38.4 Å². The molecule has 24 nitrogen and oxygen atoms in total. The smallest absolute Gasteiger partial charge is 0.315 e. The van der Waals surface area contributed by atoms with E-state index in [1.807, 2.05) is 25.6 Å². The van der Waals surface area contributed by atoms with Crippen LogP contribution >= 0.6 is 11.8 Å². The predicted molar refractivity (Wildman–Crippen MR) is 242 cm³/mol. The Morgan fingerprint density at radius 2 is 1.40 bits per heavy atom. The second kappa shape index (κ2) is 30.7. The molecular weight excluding hydrogens is 869 g/mol. The molecule has 25 heteroatoms. The number of carbonyl (C=O) groups is 9. The van der Waals surface area contributed by atoms with Crippen molar-refractivity contribution in [2.24, 2.45) is 39.8 Å². The van der Waals surface area contributed by atoms with Crippen molar-refractivity contribution >= 4 is 71.0 Å². The molecule has 2 heterocycles. The number of carbonyl (C=O) groups excluding carboxylic acids is 9. The number of urea groups is 1. The average Bonchev–Trinajstić information content (AvgIpc) is 3.81. The molecule has 0 aromatic heterocycles. The summed E-state index contributed by atoms with van der Waals surface area (Å²) in [7, 11) is 0. The first-order valence-corrected chi connectivity index (χ1v) is 23.4. The topological polar surface area (TPSA) is 399 Å². The number of nitrogens with two attached hydrogens (primary N) is 4. The molecule has 0 aliphatic carbocycles. The van der Waals surface area contributed by atoms with Gasteiger partial charge >= 0.3 is 6.03 Å². The number of thioether (sulfide) groups is 1. The molecule has 18 N–H and O–H groups in total. The number of hydrogen-bond acceptors (Lipinski definition) is 13. The molecule has 0 bridgehead atoms. The van der Waals surface area contributed by atoms with E-state index in [9.17, 15) is 43.2 Å². The van der Waals surface area contributed by atoms with Crippen LogP contribution in [0.1, 0.15) is 104 Å². The van der Waals surface area contributed by atoms with Gasteiger partial charge in [-0.15, -0.1) is 0 Å². The lowest BCUT2D eigenvalue weighted by Crippen LogP contribution is -2.55. The van der Waals surface area contributed by atoms with E-state index in [2.05, 4.69) is 47.5 Å². The zero-order valence-corrected chi connectivity index (χ0v) is 38.4. The van der Waals surface area contributed by atoms with Gasteiger partial charge in [-0.2, -0.15) is 11.8 Å². The maximum atomic E-state index is 13.6. The number of amides is 10. The summed E-state index contributed by atoms with van der Waals surface area (Å²) < 4.78 is 0. The van der Waals surface area contributed by atoms with E-state index in [4.69, 9.17) is 28.1 Å². The Bertz CT molecular complexity index is 1640. The van der Waals surface area contributed by atoms with Crippen molar-refractivity contribution < 1.29 is 48.4 Å². The van der Waals surface area contributed by atoms with Crippen LogP contribution in [0.3, 0.4) is 0 Å². The molecule has 0 spiro atoms. The van der Waals surface area contributed by atoms with Gasteiger partial charge in [-0.25, -0.2) is 10.3 Å². The Morgan fingerprint density at radius 1 is 0.738 bits per heavy atom. The molecule has 0 aromatic rings. The van der Waals surface area contributed by atoms with Crippen molar-refractivity contribution in [1.29, 1.82) is 0 Å². The molecule has 2 rings (SSSR count). The highest BCUT2D eigenvalue weighted by Gasteiger charge is 2.42. The lowest BCUT2D eigenvalue weighted by atomic mass is 9.92. The summed E-state index contributed by atoms with van der Waals surface area (Å²) in [5.74, 6) is -5.31. The minimum atomic E-state index is -1.21. The summed E-state index contributed by atoms with van der Waals surface area (Å²) in [6.45, 7) is 3.39. The molecule has 2 fully saturated rings. The molecule has 2 aliphatic rings. The monoisotopic (exact) mass is 941 g/mol. The first-order valence-electron chi connectivity index (χ1n) is 22.3. The predicted octanol–water partition coefficient (Wildman–Crippen LogP) is -3.09. The largest absolute Gasteiger partial charge is 0.370 e. The van der Waals surface area contributed by atoms with Crippen molar-refractivity contribution in [3.63, 3.8) is 0 Å². The van der Waals surface area contributed by atoms with E-state index in [1.54, 1.807) is 0 Å². The van der Waals surface area contributed by atoms with E-state index < -0.39 is 78.5 Å². The zero-order chi connectivity index (χ0) is 48.3. The van der Waals surface area contributed by atoms with E-state index >= 15 is 0 Å². The van der Waals surface area contributed by atoms with Crippen LogP contribution in [0.4, 0.5) is 4.79 Å². The van der Waals surface area contributed by atoms with Gasteiger partial charge in [0.05, 0.1) is 25.2 Å². The van der Waals surface area contributed by atoms with Gasteiger partial charge in [0.25, 0.3) is 0 Å². The standard InChI is InChI=1S/C40H72N14O10S/c1-23(2)18-24(19-31(56)54-64)36(60)50-27(11-5-7-15-41)38(62)51-26(12-9-17-46-39(43)44)37(61)48-20-32(57)47-21-33(58)49-25(35(42)59)10-6-8-16-45-30(55)14-4-3-13-29-34-28(22-65-29)52-40(63)53-34/h23-29,34,64H,3-22,41H2,1-2H3,(H2,42,59)(H,45,55)(H,47,57)(H,48,61)(H,49,58)(H,50,60)(H,51,62)(H,54,56)(H4,43,44,46)(H2,52,53,63)/t24?,25-,26-,27-,28-,29-,34-/m0/s1. The SMILES string of the molecule is CC(C)CC(CC(=O)NO)C(=O)N[C@@H](CCCCN)C(=O)N[C@@H](CCCN=C(N)N)C(=O)NCC(=O)NCC(=O)N[C@@H](CCCCNC(=O)CCCC[C@@H]1SC[C@@H]2NC(=O)N[C@@H]21)C(N)=O. The number of fused-ring (bicyclic) bond motifs is 1. The minimum Gasteiger partial charge on any atom is -0.370 e. The van der Waals surface area contributed by atoms with Crippen molar-refractivity contribution in [1.82, 2.24) is 48.0 Å². The van der Waals surface area contributed by atoms with E-state index in [0.29, 0.717) is 50.4 Å². The van der Waals surface area contributed by atoms with Crippen molar-refractivity contribution in [3.05, 3.63) is 0 Å². The van der Waals surface area contributed by atoms with Crippen molar-refractivity contribution in [2.45, 2.75) is 139 Å². The molecule has 0 radical (unpaired) electrons. The maximum absolute atomic E-state index is 13.6. The first kappa shape index (κ1) is 55.7. The Morgan fingerprint density at radius 3 is 2.08 bits per heavy atom. The van der Waals surface area contributed by atoms with Crippen molar-refractivity contribution in [2.75, 3.05) is 38.5 Å². The Balaban J connectivity index is 1.83. The Hall–Kier alpha value is -5.43. The highest BCUT2D eigenvalue weighted by molar-refractivity contribution is 8.00. The number of hydroxylamine groups is 1. The van der Waals surface area contributed by atoms with Crippen LogP contribution in [0, 0.1) is 11.8 Å². The fourth-order valence-electron chi connectivity index (χ4n) is 7.34. The van der Waals surface area contributed by atoms with Gasteiger partial charge < -0.3 is 65.5 Å². The number of nitrogens with one attached hydrogen (secondary N) is 9. The molecule has 1 unspecified atom stereocenters. The Kier molecular flexibility index (Phi) is 26.3. The minimum absolute atomic E-state index is 0.00229. The van der Waals surface area contributed by atoms with E-state index in [0.717, 1.165) is 25.0 Å². The van der Waals surface area contributed by atoms with Gasteiger partial charge in [0.1, 0.15) is 18.1 Å². The normalized spacial score (nSPS) is 18.0. The third kappa shape index (κ3) is 22.8. The van der Waals surface area contributed by atoms with Gasteiger partial charge in [-0.1, -0.05) is 20.3 Å². The number of guanidine groups is 1. The summed E-state index contributed by atoms with van der Waals surface area (Å²) in [5, 5.41) is 30.7. The highest BCUT2D eigenvalue weighted by Crippen LogP contribution is 2.33. The van der Waals surface area contributed by atoms with Crippen LogP contribution in [0.25, 0.3) is 0 Å². The zero-order valence-electron chi connectivity index (χ0n) is 37.5. The molecular formula is C40H72N14O10S. The lowest BCUT2D eigenvalue weighted by Gasteiger charge is -2.25. The Labute approximate surface area is 383 Å². The second-order valence-electron chi connectivity index (χ2n) is 16.7. The maximum Gasteiger partial charge on any atom is 0.315 e. The number of rotatable bonds is 33.